The second kappa shape index (κ2) is 4.00. The molecule has 16 heavy (non-hydrogen) atoms. The fraction of sp³-hybridized carbons (Fsp3) is 0.364. The molecule has 0 saturated carbocycles. The quantitative estimate of drug-likeness (QED) is 0.713. The lowest BCUT2D eigenvalue weighted by Gasteiger charge is -2.07. The van der Waals surface area contributed by atoms with Crippen molar-refractivity contribution in [2.24, 2.45) is 0 Å². The lowest BCUT2D eigenvalue weighted by Crippen LogP contribution is -2.26. The molecule has 0 N–H and O–H groups in total. The maximum Gasteiger partial charge on any atom is 0.347 e. The first kappa shape index (κ1) is 10.7. The molecule has 0 spiro atoms. The number of carbonyl (C=O) groups excluding carboxylic acids is 1. The molecule has 0 aliphatic carbocycles. The minimum atomic E-state index is -0.688. The van der Waals surface area contributed by atoms with Crippen LogP contribution in [0.3, 0.4) is 0 Å². The summed E-state index contributed by atoms with van der Waals surface area (Å²) in [6.07, 6.45) is -0.366. The Balaban J connectivity index is 2.27. The minimum Gasteiger partial charge on any atom is -0.494 e. The summed E-state index contributed by atoms with van der Waals surface area (Å²) in [6, 6.07) is 2.75. The number of halogens is 1. The van der Waals surface area contributed by atoms with Crippen LogP contribution in [0.2, 0.25) is 0 Å². The van der Waals surface area contributed by atoms with Gasteiger partial charge >= 0.3 is 5.97 Å². The second-order valence-electron chi connectivity index (χ2n) is 3.43. The maximum atomic E-state index is 13.4. The van der Waals surface area contributed by atoms with E-state index < -0.39 is 17.9 Å². The van der Waals surface area contributed by atoms with Crippen molar-refractivity contribution in [3.63, 3.8) is 0 Å². The van der Waals surface area contributed by atoms with E-state index in [4.69, 9.17) is 9.47 Å². The van der Waals surface area contributed by atoms with E-state index in [1.54, 1.807) is 0 Å². The molecule has 5 heteroatoms. The van der Waals surface area contributed by atoms with E-state index >= 15 is 0 Å². The summed E-state index contributed by atoms with van der Waals surface area (Å²) < 4.78 is 28.1. The van der Waals surface area contributed by atoms with E-state index in [1.165, 1.54) is 26.4 Å². The highest BCUT2D eigenvalue weighted by Crippen LogP contribution is 2.34. The van der Waals surface area contributed by atoms with Crippen molar-refractivity contribution in [1.82, 2.24) is 0 Å². The highest BCUT2D eigenvalue weighted by atomic mass is 19.1. The second-order valence-corrected chi connectivity index (χ2v) is 3.43. The van der Waals surface area contributed by atoms with Crippen LogP contribution in [0.1, 0.15) is 5.56 Å². The third kappa shape index (κ3) is 1.68. The Bertz CT molecular complexity index is 430. The molecule has 1 aliphatic heterocycles. The Morgan fingerprint density at radius 1 is 1.50 bits per heavy atom. The van der Waals surface area contributed by atoms with Gasteiger partial charge in [-0.2, -0.15) is 0 Å². The predicted molar refractivity (Wildman–Crippen MR) is 53.1 cm³/mol. The fourth-order valence-electron chi connectivity index (χ4n) is 1.66. The molecule has 1 aliphatic rings. The van der Waals surface area contributed by atoms with Gasteiger partial charge in [-0.1, -0.05) is 0 Å². The maximum absolute atomic E-state index is 13.4. The molecule has 0 bridgehead atoms. The molecule has 0 saturated heterocycles. The van der Waals surface area contributed by atoms with Gasteiger partial charge in [0.1, 0.15) is 5.75 Å². The highest BCUT2D eigenvalue weighted by molar-refractivity contribution is 5.76. The predicted octanol–water partition coefficient (Wildman–Crippen LogP) is 1.31. The molecule has 0 aromatic heterocycles. The van der Waals surface area contributed by atoms with Gasteiger partial charge in [-0.25, -0.2) is 9.18 Å². The Morgan fingerprint density at radius 3 is 2.88 bits per heavy atom. The molecule has 1 heterocycles. The van der Waals surface area contributed by atoms with Crippen molar-refractivity contribution in [1.29, 1.82) is 0 Å². The largest absolute Gasteiger partial charge is 0.494 e. The van der Waals surface area contributed by atoms with Crippen molar-refractivity contribution in [2.45, 2.75) is 12.5 Å². The number of hydrogen-bond donors (Lipinski definition) is 0. The summed E-state index contributed by atoms with van der Waals surface area (Å²) in [7, 11) is 2.66. The number of benzene rings is 1. The molecular weight excluding hydrogens is 215 g/mol. The van der Waals surface area contributed by atoms with Crippen molar-refractivity contribution >= 4 is 5.97 Å². The molecule has 2 rings (SSSR count). The molecule has 0 amide bonds. The zero-order chi connectivity index (χ0) is 11.7. The minimum absolute atomic E-state index is 0.101. The number of esters is 1. The number of ether oxygens (including phenoxy) is 3. The SMILES string of the molecule is COC(=O)C1Cc2cc(F)c(OC)cc2O1. The smallest absolute Gasteiger partial charge is 0.347 e. The summed E-state index contributed by atoms with van der Waals surface area (Å²) in [4.78, 5) is 11.2. The Kier molecular flexibility index (Phi) is 2.68. The van der Waals surface area contributed by atoms with E-state index in [1.807, 2.05) is 0 Å². The Labute approximate surface area is 91.9 Å². The van der Waals surface area contributed by atoms with Crippen LogP contribution in [0.5, 0.6) is 11.5 Å². The fourth-order valence-corrected chi connectivity index (χ4v) is 1.66. The number of hydrogen-bond acceptors (Lipinski definition) is 4. The van der Waals surface area contributed by atoms with Crippen LogP contribution in [0.15, 0.2) is 12.1 Å². The Morgan fingerprint density at radius 2 is 2.25 bits per heavy atom. The molecule has 1 aromatic carbocycles. The molecule has 0 fully saturated rings. The van der Waals surface area contributed by atoms with Gasteiger partial charge in [0.2, 0.25) is 0 Å². The van der Waals surface area contributed by atoms with Crippen LogP contribution in [0.25, 0.3) is 0 Å². The summed E-state index contributed by atoms with van der Waals surface area (Å²) >= 11 is 0. The zero-order valence-corrected chi connectivity index (χ0v) is 8.95. The van der Waals surface area contributed by atoms with Crippen molar-refractivity contribution in [3.05, 3.63) is 23.5 Å². The van der Waals surface area contributed by atoms with Crippen molar-refractivity contribution < 1.29 is 23.4 Å². The molecule has 86 valence electrons. The first-order valence-corrected chi connectivity index (χ1v) is 4.76. The van der Waals surface area contributed by atoms with Crippen molar-refractivity contribution in [3.8, 4) is 11.5 Å². The van der Waals surface area contributed by atoms with Crippen molar-refractivity contribution in [2.75, 3.05) is 14.2 Å². The molecule has 0 radical (unpaired) electrons. The first-order chi connectivity index (χ1) is 7.65. The van der Waals surface area contributed by atoms with Gasteiger partial charge in [0.15, 0.2) is 17.7 Å². The van der Waals surface area contributed by atoms with Crippen LogP contribution in [-0.4, -0.2) is 26.3 Å². The monoisotopic (exact) mass is 226 g/mol. The van der Waals surface area contributed by atoms with Gasteiger partial charge in [-0.15, -0.1) is 0 Å². The normalized spacial score (nSPS) is 17.6. The molecule has 1 aromatic rings. The van der Waals surface area contributed by atoms with Gasteiger partial charge in [-0.3, -0.25) is 0 Å². The summed E-state index contributed by atoms with van der Waals surface area (Å²) in [6.45, 7) is 0. The van der Waals surface area contributed by atoms with E-state index in [9.17, 15) is 9.18 Å². The highest BCUT2D eigenvalue weighted by Gasteiger charge is 2.31. The van der Waals surface area contributed by atoms with E-state index in [2.05, 4.69) is 4.74 Å². The topological polar surface area (TPSA) is 44.8 Å². The average Bonchev–Trinajstić information content (AvgIpc) is 2.69. The first-order valence-electron chi connectivity index (χ1n) is 4.76. The van der Waals surface area contributed by atoms with Gasteiger partial charge in [-0.05, 0) is 6.07 Å². The molecule has 1 atom stereocenters. The standard InChI is InChI=1S/C11H11FO4/c1-14-9-5-8-6(3-7(9)12)4-10(16-8)11(13)15-2/h3,5,10H,4H2,1-2H3. The van der Waals surface area contributed by atoms with E-state index in [0.29, 0.717) is 17.7 Å². The van der Waals surface area contributed by atoms with Crippen LogP contribution < -0.4 is 9.47 Å². The van der Waals surface area contributed by atoms with Gasteiger partial charge < -0.3 is 14.2 Å². The van der Waals surface area contributed by atoms with Crippen LogP contribution in [-0.2, 0) is 16.0 Å². The number of carbonyl (C=O) groups is 1. The summed E-state index contributed by atoms with van der Waals surface area (Å²) in [5.41, 5.74) is 0.647. The number of fused-ring (bicyclic) bond motifs is 1. The molecular formula is C11H11FO4. The molecule has 4 nitrogen and oxygen atoms in total. The average molecular weight is 226 g/mol. The van der Waals surface area contributed by atoms with E-state index in [-0.39, 0.29) is 5.75 Å². The molecule has 1 unspecified atom stereocenters. The van der Waals surface area contributed by atoms with Crippen LogP contribution in [0, 0.1) is 5.82 Å². The third-order valence-electron chi connectivity index (χ3n) is 2.47. The van der Waals surface area contributed by atoms with Crippen LogP contribution in [0.4, 0.5) is 4.39 Å². The van der Waals surface area contributed by atoms with E-state index in [0.717, 1.165) is 0 Å². The zero-order valence-electron chi connectivity index (χ0n) is 8.95. The number of rotatable bonds is 2. The summed E-state index contributed by atoms with van der Waals surface area (Å²) in [5, 5.41) is 0. The Hall–Kier alpha value is -1.78. The van der Waals surface area contributed by atoms with Gasteiger partial charge in [0, 0.05) is 18.1 Å². The third-order valence-corrected chi connectivity index (χ3v) is 2.47. The van der Waals surface area contributed by atoms with Gasteiger partial charge in [0.05, 0.1) is 14.2 Å². The van der Waals surface area contributed by atoms with Gasteiger partial charge in [0.25, 0.3) is 0 Å². The lowest BCUT2D eigenvalue weighted by atomic mass is 10.1. The summed E-state index contributed by atoms with van der Waals surface area (Å²) in [5.74, 6) is -0.358. The number of methoxy groups -OCH3 is 2. The lowest BCUT2D eigenvalue weighted by molar-refractivity contribution is -0.147. The van der Waals surface area contributed by atoms with Crippen LogP contribution >= 0.6 is 0 Å².